The van der Waals surface area contributed by atoms with Crippen molar-refractivity contribution in [1.29, 1.82) is 0 Å². The van der Waals surface area contributed by atoms with Gasteiger partial charge in [-0.3, -0.25) is 9.10 Å². The molecule has 1 aliphatic heterocycles. The van der Waals surface area contributed by atoms with Crippen LogP contribution in [0, 0.1) is 6.92 Å². The molecular formula is C21H24N2O5S. The average Bonchev–Trinajstić information content (AvgIpc) is 3.11. The van der Waals surface area contributed by atoms with Crippen molar-refractivity contribution in [3.8, 4) is 0 Å². The molecule has 0 bridgehead atoms. The van der Waals surface area contributed by atoms with Gasteiger partial charge in [0.25, 0.3) is 5.91 Å². The first kappa shape index (κ1) is 20.9. The van der Waals surface area contributed by atoms with Crippen LogP contribution in [0.3, 0.4) is 0 Å². The maximum atomic E-state index is 12.3. The van der Waals surface area contributed by atoms with E-state index in [4.69, 9.17) is 4.74 Å². The Balaban J connectivity index is 1.64. The average molecular weight is 416 g/mol. The predicted molar refractivity (Wildman–Crippen MR) is 112 cm³/mol. The fourth-order valence-corrected chi connectivity index (χ4v) is 4.39. The molecule has 2 aromatic carbocycles. The van der Waals surface area contributed by atoms with Crippen LogP contribution in [-0.2, 0) is 32.4 Å². The number of ether oxygens (including phenoxy) is 1. The molecule has 0 spiro atoms. The van der Waals surface area contributed by atoms with Crippen LogP contribution >= 0.6 is 0 Å². The number of carbonyl (C=O) groups excluding carboxylic acids is 2. The number of fused-ring (bicyclic) bond motifs is 1. The minimum atomic E-state index is -3.35. The molecule has 7 nitrogen and oxygen atoms in total. The Bertz CT molecular complexity index is 1060. The fourth-order valence-electron chi connectivity index (χ4n) is 3.43. The molecule has 3 rings (SSSR count). The van der Waals surface area contributed by atoms with Gasteiger partial charge < -0.3 is 10.1 Å². The molecule has 0 saturated heterocycles. The van der Waals surface area contributed by atoms with Crippen LogP contribution in [0.25, 0.3) is 0 Å². The Morgan fingerprint density at radius 1 is 1.21 bits per heavy atom. The molecule has 0 radical (unpaired) electrons. The van der Waals surface area contributed by atoms with E-state index in [0.29, 0.717) is 18.7 Å². The monoisotopic (exact) mass is 416 g/mol. The Hall–Kier alpha value is -2.87. The summed E-state index contributed by atoms with van der Waals surface area (Å²) in [4.78, 5) is 24.6. The van der Waals surface area contributed by atoms with E-state index in [2.05, 4.69) is 5.32 Å². The number of amides is 1. The van der Waals surface area contributed by atoms with E-state index in [1.54, 1.807) is 12.1 Å². The van der Waals surface area contributed by atoms with Gasteiger partial charge >= 0.3 is 5.97 Å². The molecule has 2 aromatic rings. The normalized spacial score (nSPS) is 13.1. The van der Waals surface area contributed by atoms with Crippen molar-refractivity contribution in [1.82, 2.24) is 0 Å². The van der Waals surface area contributed by atoms with Gasteiger partial charge in [-0.05, 0) is 54.7 Å². The summed E-state index contributed by atoms with van der Waals surface area (Å²) < 4.78 is 30.1. The highest BCUT2D eigenvalue weighted by Gasteiger charge is 2.27. The smallest absolute Gasteiger partial charge is 0.338 e. The van der Waals surface area contributed by atoms with Crippen molar-refractivity contribution in [2.75, 3.05) is 29.0 Å². The quantitative estimate of drug-likeness (QED) is 0.731. The summed E-state index contributed by atoms with van der Waals surface area (Å²) in [6.45, 7) is 3.86. The second-order valence-electron chi connectivity index (χ2n) is 7.02. The molecule has 1 heterocycles. The summed E-state index contributed by atoms with van der Waals surface area (Å²) in [7, 11) is -3.35. The molecule has 29 heavy (non-hydrogen) atoms. The topological polar surface area (TPSA) is 92.8 Å². The van der Waals surface area contributed by atoms with E-state index < -0.39 is 28.5 Å². The molecule has 0 aliphatic carbocycles. The predicted octanol–water partition coefficient (Wildman–Crippen LogP) is 2.68. The Labute approximate surface area is 170 Å². The molecule has 1 aliphatic rings. The third-order valence-corrected chi connectivity index (χ3v) is 6.09. The number of sulfonamides is 1. The van der Waals surface area contributed by atoms with Crippen molar-refractivity contribution in [3.05, 3.63) is 58.7 Å². The molecule has 8 heteroatoms. The van der Waals surface area contributed by atoms with Crippen LogP contribution in [0.15, 0.2) is 36.4 Å². The summed E-state index contributed by atoms with van der Waals surface area (Å²) in [6.07, 6.45) is 2.45. The lowest BCUT2D eigenvalue weighted by Crippen LogP contribution is -2.27. The number of anilines is 2. The van der Waals surface area contributed by atoms with Gasteiger partial charge in [0.1, 0.15) is 0 Å². The van der Waals surface area contributed by atoms with Gasteiger partial charge in [-0.25, -0.2) is 13.2 Å². The van der Waals surface area contributed by atoms with Gasteiger partial charge in [-0.1, -0.05) is 25.1 Å². The second kappa shape index (κ2) is 8.24. The number of aryl methyl sites for hydroxylation is 2. The van der Waals surface area contributed by atoms with Gasteiger partial charge in [0, 0.05) is 12.2 Å². The maximum absolute atomic E-state index is 12.3. The minimum absolute atomic E-state index is 0.289. The van der Waals surface area contributed by atoms with Crippen molar-refractivity contribution in [2.45, 2.75) is 26.7 Å². The lowest BCUT2D eigenvalue weighted by molar-refractivity contribution is -0.119. The SMILES string of the molecule is CCc1cccc(C)c1NC(=O)COC(=O)c1ccc2c(c1)CCN2S(C)(=O)=O. The van der Waals surface area contributed by atoms with Gasteiger partial charge in [0.15, 0.2) is 6.61 Å². The number of nitrogens with zero attached hydrogens (tertiary/aromatic N) is 1. The molecular weight excluding hydrogens is 392 g/mol. The zero-order valence-electron chi connectivity index (χ0n) is 16.7. The largest absolute Gasteiger partial charge is 0.452 e. The van der Waals surface area contributed by atoms with Crippen LogP contribution in [0.1, 0.15) is 34.0 Å². The van der Waals surface area contributed by atoms with Crippen molar-refractivity contribution in [2.24, 2.45) is 0 Å². The highest BCUT2D eigenvalue weighted by molar-refractivity contribution is 7.92. The fraction of sp³-hybridized carbons (Fsp3) is 0.333. The standard InChI is InChI=1S/C21H24N2O5S/c1-4-15-7-5-6-14(2)20(15)22-19(24)13-28-21(25)17-8-9-18-16(12-17)10-11-23(18)29(3,26)27/h5-9,12H,4,10-11,13H2,1-3H3,(H,22,24). The number of esters is 1. The van der Waals surface area contributed by atoms with Gasteiger partial charge in [-0.2, -0.15) is 0 Å². The van der Waals surface area contributed by atoms with Gasteiger partial charge in [0.2, 0.25) is 10.0 Å². The van der Waals surface area contributed by atoms with Crippen LogP contribution < -0.4 is 9.62 Å². The Morgan fingerprint density at radius 2 is 1.97 bits per heavy atom. The molecule has 154 valence electrons. The summed E-state index contributed by atoms with van der Waals surface area (Å²) in [5, 5.41) is 2.81. The lowest BCUT2D eigenvalue weighted by Gasteiger charge is -2.16. The van der Waals surface area contributed by atoms with E-state index in [1.807, 2.05) is 32.0 Å². The number of rotatable bonds is 6. The number of para-hydroxylation sites is 1. The van der Waals surface area contributed by atoms with Crippen LogP contribution in [-0.4, -0.2) is 39.7 Å². The van der Waals surface area contributed by atoms with Crippen LogP contribution in [0.2, 0.25) is 0 Å². The zero-order valence-corrected chi connectivity index (χ0v) is 17.5. The van der Waals surface area contributed by atoms with E-state index >= 15 is 0 Å². The first-order valence-electron chi connectivity index (χ1n) is 9.36. The van der Waals surface area contributed by atoms with E-state index in [9.17, 15) is 18.0 Å². The molecule has 0 unspecified atom stereocenters. The summed E-state index contributed by atoms with van der Waals surface area (Å²) in [5.41, 5.74) is 4.33. The van der Waals surface area contributed by atoms with E-state index in [-0.39, 0.29) is 5.56 Å². The van der Waals surface area contributed by atoms with Gasteiger partial charge in [-0.15, -0.1) is 0 Å². The molecule has 0 fully saturated rings. The second-order valence-corrected chi connectivity index (χ2v) is 8.92. The first-order valence-corrected chi connectivity index (χ1v) is 11.2. The number of benzene rings is 2. The zero-order chi connectivity index (χ0) is 21.2. The molecule has 0 saturated carbocycles. The molecule has 0 atom stereocenters. The molecule has 1 N–H and O–H groups in total. The Morgan fingerprint density at radius 3 is 2.66 bits per heavy atom. The van der Waals surface area contributed by atoms with Crippen molar-refractivity contribution < 1.29 is 22.7 Å². The highest BCUT2D eigenvalue weighted by atomic mass is 32.2. The van der Waals surface area contributed by atoms with E-state index in [0.717, 1.165) is 35.1 Å². The summed E-state index contributed by atoms with van der Waals surface area (Å²) in [6, 6.07) is 10.5. The Kier molecular flexibility index (Phi) is 5.93. The minimum Gasteiger partial charge on any atom is -0.452 e. The number of hydrogen-bond donors (Lipinski definition) is 1. The third-order valence-electron chi connectivity index (χ3n) is 4.91. The van der Waals surface area contributed by atoms with Gasteiger partial charge in [0.05, 0.1) is 17.5 Å². The summed E-state index contributed by atoms with van der Waals surface area (Å²) in [5.74, 6) is -1.03. The third kappa shape index (κ3) is 4.59. The molecule has 0 aromatic heterocycles. The molecule has 1 amide bonds. The van der Waals surface area contributed by atoms with Crippen molar-refractivity contribution >= 4 is 33.3 Å². The first-order chi connectivity index (χ1) is 13.7. The number of nitrogens with one attached hydrogen (secondary N) is 1. The maximum Gasteiger partial charge on any atom is 0.338 e. The van der Waals surface area contributed by atoms with Crippen LogP contribution in [0.5, 0.6) is 0 Å². The van der Waals surface area contributed by atoms with E-state index in [1.165, 1.54) is 10.4 Å². The van der Waals surface area contributed by atoms with Crippen molar-refractivity contribution in [3.63, 3.8) is 0 Å². The summed E-state index contributed by atoms with van der Waals surface area (Å²) >= 11 is 0. The highest BCUT2D eigenvalue weighted by Crippen LogP contribution is 2.30. The lowest BCUT2D eigenvalue weighted by atomic mass is 10.1. The number of hydrogen-bond acceptors (Lipinski definition) is 5. The number of carbonyl (C=O) groups is 2. The van der Waals surface area contributed by atoms with Crippen LogP contribution in [0.4, 0.5) is 11.4 Å².